The summed E-state index contributed by atoms with van der Waals surface area (Å²) in [5, 5.41) is 9.23. The molecule has 1 aliphatic carbocycles. The second-order valence-electron chi connectivity index (χ2n) is 4.32. The molecule has 1 rings (SSSR count). The average molecular weight is 247 g/mol. The van der Waals surface area contributed by atoms with Crippen LogP contribution >= 0.6 is 0 Å². The smallest absolute Gasteiger partial charge is 0.130 e. The quantitative estimate of drug-likeness (QED) is 0.410. The van der Waals surface area contributed by atoms with Crippen LogP contribution in [0.1, 0.15) is 33.1 Å². The Morgan fingerprint density at radius 1 is 1.44 bits per heavy atom. The molecule has 0 aliphatic heterocycles. The average Bonchev–Trinajstić information content (AvgIpc) is 2.36. The van der Waals surface area contributed by atoms with Gasteiger partial charge in [-0.05, 0) is 38.7 Å². The Morgan fingerprint density at radius 3 is 2.83 bits per heavy atom. The van der Waals surface area contributed by atoms with E-state index in [4.69, 9.17) is 9.47 Å². The van der Waals surface area contributed by atoms with Crippen molar-refractivity contribution in [1.29, 1.82) is 5.26 Å². The lowest BCUT2D eigenvalue weighted by atomic mass is 9.92. The van der Waals surface area contributed by atoms with Crippen molar-refractivity contribution in [2.45, 2.75) is 33.1 Å². The molecular weight excluding hydrogens is 226 g/mol. The summed E-state index contributed by atoms with van der Waals surface area (Å²) in [4.78, 5) is 0. The largest absolute Gasteiger partial charge is 0.490 e. The van der Waals surface area contributed by atoms with Crippen LogP contribution < -0.4 is 0 Å². The molecule has 0 radical (unpaired) electrons. The summed E-state index contributed by atoms with van der Waals surface area (Å²) in [5.41, 5.74) is 2.93. The summed E-state index contributed by atoms with van der Waals surface area (Å²) in [6.45, 7) is 9.50. The van der Waals surface area contributed by atoms with Gasteiger partial charge in [0.2, 0.25) is 0 Å². The summed E-state index contributed by atoms with van der Waals surface area (Å²) in [5.74, 6) is 0.457. The number of allylic oxidation sites excluding steroid dienone is 4. The minimum atomic E-state index is 0.438. The molecule has 0 saturated carbocycles. The maximum Gasteiger partial charge on any atom is 0.130 e. The molecule has 0 spiro atoms. The van der Waals surface area contributed by atoms with E-state index < -0.39 is 0 Å². The standard InChI is InChI=1S/C15H21NO2/c1-4-17-8-9-18-13(3)15(11-16)14-7-5-6-12(2)10-14/h10H,3-9H2,1-2H3/b15-14-. The minimum Gasteiger partial charge on any atom is -0.490 e. The molecule has 0 bridgehead atoms. The fourth-order valence-electron chi connectivity index (χ4n) is 1.95. The Hall–Kier alpha value is -1.53. The van der Waals surface area contributed by atoms with Gasteiger partial charge in [-0.15, -0.1) is 0 Å². The van der Waals surface area contributed by atoms with Crippen LogP contribution in [0.2, 0.25) is 0 Å². The van der Waals surface area contributed by atoms with E-state index in [9.17, 15) is 5.26 Å². The van der Waals surface area contributed by atoms with Crippen LogP contribution in [-0.2, 0) is 9.47 Å². The van der Waals surface area contributed by atoms with Crippen molar-refractivity contribution in [3.05, 3.63) is 35.1 Å². The second kappa shape index (κ2) is 7.73. The molecule has 0 aromatic carbocycles. The maximum atomic E-state index is 9.23. The molecule has 0 aromatic rings. The number of rotatable bonds is 6. The normalized spacial score (nSPS) is 17.7. The van der Waals surface area contributed by atoms with Crippen LogP contribution in [0.4, 0.5) is 0 Å². The molecule has 3 nitrogen and oxygen atoms in total. The lowest BCUT2D eigenvalue weighted by Gasteiger charge is -2.15. The molecule has 0 saturated heterocycles. The third-order valence-corrected chi connectivity index (χ3v) is 2.86. The third-order valence-electron chi connectivity index (χ3n) is 2.86. The number of hydrogen-bond acceptors (Lipinski definition) is 3. The zero-order valence-corrected chi connectivity index (χ0v) is 11.3. The van der Waals surface area contributed by atoms with Crippen LogP contribution in [0.3, 0.4) is 0 Å². The highest BCUT2D eigenvalue weighted by Crippen LogP contribution is 2.27. The van der Waals surface area contributed by atoms with Crippen LogP contribution in [0.15, 0.2) is 35.1 Å². The van der Waals surface area contributed by atoms with Gasteiger partial charge in [-0.1, -0.05) is 18.2 Å². The number of hydrogen-bond donors (Lipinski definition) is 0. The highest BCUT2D eigenvalue weighted by atomic mass is 16.5. The Kier molecular flexibility index (Phi) is 6.24. The van der Waals surface area contributed by atoms with E-state index in [0.717, 1.165) is 24.8 Å². The van der Waals surface area contributed by atoms with E-state index in [1.165, 1.54) is 5.57 Å². The fraction of sp³-hybridized carbons (Fsp3) is 0.533. The van der Waals surface area contributed by atoms with Gasteiger partial charge in [0.15, 0.2) is 0 Å². The predicted octanol–water partition coefficient (Wildman–Crippen LogP) is 3.50. The first kappa shape index (κ1) is 14.5. The highest BCUT2D eigenvalue weighted by molar-refractivity contribution is 5.47. The van der Waals surface area contributed by atoms with Gasteiger partial charge in [0, 0.05) is 6.61 Å². The van der Waals surface area contributed by atoms with Gasteiger partial charge in [0.25, 0.3) is 0 Å². The molecule has 0 fully saturated rings. The van der Waals surface area contributed by atoms with Gasteiger partial charge in [-0.3, -0.25) is 0 Å². The highest BCUT2D eigenvalue weighted by Gasteiger charge is 2.13. The van der Waals surface area contributed by atoms with Crippen molar-refractivity contribution in [3.8, 4) is 6.07 Å². The monoisotopic (exact) mass is 247 g/mol. The van der Waals surface area contributed by atoms with E-state index in [0.29, 0.717) is 31.2 Å². The zero-order valence-electron chi connectivity index (χ0n) is 11.3. The first-order chi connectivity index (χ1) is 8.69. The van der Waals surface area contributed by atoms with E-state index in [-0.39, 0.29) is 0 Å². The van der Waals surface area contributed by atoms with Crippen molar-refractivity contribution in [1.82, 2.24) is 0 Å². The molecular formula is C15H21NO2. The Morgan fingerprint density at radius 2 is 2.22 bits per heavy atom. The van der Waals surface area contributed by atoms with E-state index in [1.807, 2.05) is 6.92 Å². The fourth-order valence-corrected chi connectivity index (χ4v) is 1.95. The maximum absolute atomic E-state index is 9.23. The Balaban J connectivity index is 2.66. The van der Waals surface area contributed by atoms with Gasteiger partial charge >= 0.3 is 0 Å². The van der Waals surface area contributed by atoms with Crippen molar-refractivity contribution in [3.63, 3.8) is 0 Å². The molecule has 1 aliphatic rings. The van der Waals surface area contributed by atoms with Crippen LogP contribution in [0.25, 0.3) is 0 Å². The lowest BCUT2D eigenvalue weighted by Crippen LogP contribution is -2.06. The lowest BCUT2D eigenvalue weighted by molar-refractivity contribution is 0.0861. The van der Waals surface area contributed by atoms with Gasteiger partial charge < -0.3 is 9.47 Å². The second-order valence-corrected chi connectivity index (χ2v) is 4.32. The van der Waals surface area contributed by atoms with E-state index >= 15 is 0 Å². The van der Waals surface area contributed by atoms with Gasteiger partial charge in [0.1, 0.15) is 18.4 Å². The summed E-state index contributed by atoms with van der Waals surface area (Å²) in [6.07, 6.45) is 5.21. The van der Waals surface area contributed by atoms with Crippen molar-refractivity contribution < 1.29 is 9.47 Å². The SMILES string of the molecule is C=C(OCCOCC)/C(C#N)=C1\C=C(C)CCC1. The molecule has 98 valence electrons. The molecule has 0 atom stereocenters. The first-order valence-electron chi connectivity index (χ1n) is 6.39. The summed E-state index contributed by atoms with van der Waals surface area (Å²) in [6, 6.07) is 2.20. The predicted molar refractivity (Wildman–Crippen MR) is 71.8 cm³/mol. The van der Waals surface area contributed by atoms with Crippen LogP contribution in [-0.4, -0.2) is 19.8 Å². The molecule has 0 heterocycles. The van der Waals surface area contributed by atoms with Crippen molar-refractivity contribution in [2.75, 3.05) is 19.8 Å². The van der Waals surface area contributed by atoms with Crippen molar-refractivity contribution >= 4 is 0 Å². The van der Waals surface area contributed by atoms with Gasteiger partial charge in [-0.25, -0.2) is 0 Å². The third kappa shape index (κ3) is 4.38. The van der Waals surface area contributed by atoms with Crippen molar-refractivity contribution in [2.24, 2.45) is 0 Å². The number of nitrogens with zero attached hydrogens (tertiary/aromatic N) is 1. The summed E-state index contributed by atoms with van der Waals surface area (Å²) >= 11 is 0. The molecule has 18 heavy (non-hydrogen) atoms. The Labute approximate surface area is 109 Å². The number of ether oxygens (including phenoxy) is 2. The Bertz CT molecular complexity index is 399. The molecule has 0 unspecified atom stereocenters. The molecule has 3 heteroatoms. The van der Waals surface area contributed by atoms with E-state index in [1.54, 1.807) is 0 Å². The van der Waals surface area contributed by atoms with Crippen LogP contribution in [0, 0.1) is 11.3 Å². The molecule has 0 aromatic heterocycles. The first-order valence-corrected chi connectivity index (χ1v) is 6.39. The minimum absolute atomic E-state index is 0.438. The molecule has 0 N–H and O–H groups in total. The summed E-state index contributed by atoms with van der Waals surface area (Å²) < 4.78 is 10.6. The van der Waals surface area contributed by atoms with Crippen LogP contribution in [0.5, 0.6) is 0 Å². The zero-order chi connectivity index (χ0) is 13.4. The summed E-state index contributed by atoms with van der Waals surface area (Å²) in [7, 11) is 0. The van der Waals surface area contributed by atoms with E-state index in [2.05, 4.69) is 25.6 Å². The van der Waals surface area contributed by atoms with Gasteiger partial charge in [0.05, 0.1) is 12.2 Å². The topological polar surface area (TPSA) is 42.2 Å². The molecule has 0 amide bonds. The number of nitriles is 1. The van der Waals surface area contributed by atoms with Gasteiger partial charge in [-0.2, -0.15) is 5.26 Å².